The average molecular weight is 349 g/mol. The Morgan fingerprint density at radius 2 is 1.76 bits per heavy atom. The van der Waals surface area contributed by atoms with E-state index in [1.165, 1.54) is 44.9 Å². The molecule has 0 amide bonds. The molecule has 1 aromatic rings. The van der Waals surface area contributed by atoms with Crippen LogP contribution in [0.25, 0.3) is 0 Å². The van der Waals surface area contributed by atoms with E-state index in [0.717, 1.165) is 30.4 Å². The molecule has 2 heteroatoms. The molecule has 0 saturated heterocycles. The molecule has 2 rings (SSSR count). The second kappa shape index (κ2) is 11.5. The molecule has 1 aliphatic rings. The Morgan fingerprint density at radius 3 is 2.40 bits per heavy atom. The highest BCUT2D eigenvalue weighted by Crippen LogP contribution is 2.39. The number of alkyl halides is 1. The number of ether oxygens (including phenoxy) is 1. The summed E-state index contributed by atoms with van der Waals surface area (Å²) in [4.78, 5) is 0. The summed E-state index contributed by atoms with van der Waals surface area (Å²) in [7, 11) is 0. The summed E-state index contributed by atoms with van der Waals surface area (Å²) in [5.41, 5.74) is 0. The topological polar surface area (TPSA) is 9.23 Å². The fourth-order valence-corrected chi connectivity index (χ4v) is 4.46. The van der Waals surface area contributed by atoms with Gasteiger partial charge in [-0.05, 0) is 49.1 Å². The van der Waals surface area contributed by atoms with Crippen LogP contribution in [0.15, 0.2) is 30.3 Å². The maximum atomic E-state index is 14.5. The highest BCUT2D eigenvalue weighted by molar-refractivity contribution is 5.20. The summed E-state index contributed by atoms with van der Waals surface area (Å²) in [6.45, 7) is 4.70. The molecule has 2 atom stereocenters. The Morgan fingerprint density at radius 1 is 1.04 bits per heavy atom. The van der Waals surface area contributed by atoms with Gasteiger partial charge in [-0.1, -0.05) is 77.0 Å². The fraction of sp³-hybridized carbons (Fsp3) is 0.739. The van der Waals surface area contributed by atoms with Crippen molar-refractivity contribution in [1.29, 1.82) is 0 Å². The van der Waals surface area contributed by atoms with Crippen molar-refractivity contribution in [3.63, 3.8) is 0 Å². The molecule has 25 heavy (non-hydrogen) atoms. The van der Waals surface area contributed by atoms with Gasteiger partial charge < -0.3 is 4.74 Å². The van der Waals surface area contributed by atoms with E-state index in [9.17, 15) is 4.39 Å². The highest BCUT2D eigenvalue weighted by Gasteiger charge is 2.29. The molecule has 1 fully saturated rings. The van der Waals surface area contributed by atoms with Gasteiger partial charge in [0.15, 0.2) is 0 Å². The highest BCUT2D eigenvalue weighted by atomic mass is 19.1. The number of hydrogen-bond acceptors (Lipinski definition) is 1. The number of hydrogen-bond donors (Lipinski definition) is 0. The van der Waals surface area contributed by atoms with Crippen LogP contribution < -0.4 is 4.74 Å². The molecule has 0 aromatic heterocycles. The van der Waals surface area contributed by atoms with Crippen LogP contribution in [-0.2, 0) is 0 Å². The zero-order chi connectivity index (χ0) is 17.9. The van der Waals surface area contributed by atoms with Gasteiger partial charge in [-0.2, -0.15) is 0 Å². The number of benzene rings is 1. The van der Waals surface area contributed by atoms with Crippen LogP contribution in [0.1, 0.15) is 78.1 Å². The average Bonchev–Trinajstić information content (AvgIpc) is 2.66. The molecule has 0 spiro atoms. The quantitative estimate of drug-likeness (QED) is 0.410. The van der Waals surface area contributed by atoms with Crippen molar-refractivity contribution < 1.29 is 9.13 Å². The third-order valence-electron chi connectivity index (χ3n) is 5.92. The van der Waals surface area contributed by atoms with Crippen LogP contribution in [0.5, 0.6) is 5.75 Å². The molecular weight excluding hydrogens is 311 g/mol. The molecular formula is C23H37FO. The Labute approximate surface area is 154 Å². The lowest BCUT2D eigenvalue weighted by atomic mass is 9.72. The number of rotatable bonds is 11. The minimum Gasteiger partial charge on any atom is -0.491 e. The van der Waals surface area contributed by atoms with E-state index in [1.54, 1.807) is 0 Å². The Hall–Kier alpha value is -1.05. The fourth-order valence-electron chi connectivity index (χ4n) is 4.46. The smallest absolute Gasteiger partial charge is 0.134 e. The van der Waals surface area contributed by atoms with Crippen LogP contribution in [0.4, 0.5) is 4.39 Å². The molecule has 1 saturated carbocycles. The van der Waals surface area contributed by atoms with Gasteiger partial charge in [-0.25, -0.2) is 4.39 Å². The van der Waals surface area contributed by atoms with Crippen molar-refractivity contribution in [3.8, 4) is 5.75 Å². The van der Waals surface area contributed by atoms with Crippen molar-refractivity contribution in [2.24, 2.45) is 17.8 Å². The van der Waals surface area contributed by atoms with Gasteiger partial charge in [0.05, 0.1) is 0 Å². The van der Waals surface area contributed by atoms with Crippen molar-refractivity contribution in [3.05, 3.63) is 30.3 Å². The van der Waals surface area contributed by atoms with E-state index in [2.05, 4.69) is 13.8 Å². The van der Waals surface area contributed by atoms with Crippen LogP contribution >= 0.6 is 0 Å². The van der Waals surface area contributed by atoms with Gasteiger partial charge in [0, 0.05) is 0 Å². The molecule has 142 valence electrons. The van der Waals surface area contributed by atoms with Crippen LogP contribution in [-0.4, -0.2) is 12.8 Å². The zero-order valence-corrected chi connectivity index (χ0v) is 16.3. The van der Waals surface area contributed by atoms with Gasteiger partial charge in [-0.3, -0.25) is 0 Å². The first kappa shape index (κ1) is 20.3. The van der Waals surface area contributed by atoms with Crippen LogP contribution in [0.2, 0.25) is 0 Å². The van der Waals surface area contributed by atoms with Crippen molar-refractivity contribution >= 4 is 0 Å². The summed E-state index contributed by atoms with van der Waals surface area (Å²) < 4.78 is 20.2. The first-order valence-electron chi connectivity index (χ1n) is 10.5. The van der Waals surface area contributed by atoms with Gasteiger partial charge in [0.25, 0.3) is 0 Å². The summed E-state index contributed by atoms with van der Waals surface area (Å²) >= 11 is 0. The predicted molar refractivity (Wildman–Crippen MR) is 105 cm³/mol. The monoisotopic (exact) mass is 348 g/mol. The Kier molecular flexibility index (Phi) is 9.36. The molecule has 1 nitrogen and oxygen atoms in total. The van der Waals surface area contributed by atoms with E-state index in [0.29, 0.717) is 12.3 Å². The van der Waals surface area contributed by atoms with E-state index in [4.69, 9.17) is 4.74 Å². The molecule has 0 radical (unpaired) electrons. The number of halogens is 1. The van der Waals surface area contributed by atoms with E-state index < -0.39 is 6.17 Å². The third kappa shape index (κ3) is 7.38. The Balaban J connectivity index is 1.75. The first-order chi connectivity index (χ1) is 12.2. The second-order valence-electron chi connectivity index (χ2n) is 7.93. The van der Waals surface area contributed by atoms with Gasteiger partial charge in [0.1, 0.15) is 18.5 Å². The minimum absolute atomic E-state index is 0.191. The second-order valence-corrected chi connectivity index (χ2v) is 7.93. The predicted octanol–water partition coefficient (Wildman–Crippen LogP) is 7.21. The zero-order valence-electron chi connectivity index (χ0n) is 16.3. The Bertz CT molecular complexity index is 439. The normalized spacial score (nSPS) is 23.2. The molecule has 2 unspecified atom stereocenters. The van der Waals surface area contributed by atoms with Crippen LogP contribution in [0.3, 0.4) is 0 Å². The van der Waals surface area contributed by atoms with Crippen LogP contribution in [0, 0.1) is 17.8 Å². The molecule has 0 aliphatic heterocycles. The van der Waals surface area contributed by atoms with Gasteiger partial charge in [-0.15, -0.1) is 0 Å². The van der Waals surface area contributed by atoms with Gasteiger partial charge in [0.2, 0.25) is 0 Å². The summed E-state index contributed by atoms with van der Waals surface area (Å²) in [5.74, 6) is 2.97. The van der Waals surface area contributed by atoms with Crippen molar-refractivity contribution in [2.45, 2.75) is 84.2 Å². The third-order valence-corrected chi connectivity index (χ3v) is 5.92. The van der Waals surface area contributed by atoms with Crippen molar-refractivity contribution in [2.75, 3.05) is 6.61 Å². The summed E-state index contributed by atoms with van der Waals surface area (Å²) in [5, 5.41) is 0. The molecule has 0 heterocycles. The van der Waals surface area contributed by atoms with E-state index in [-0.39, 0.29) is 6.61 Å². The SMILES string of the molecule is CCCCC1CCC(C(CCC)CC(F)COc2ccccc2)CC1. The molecule has 1 aromatic carbocycles. The summed E-state index contributed by atoms with van der Waals surface area (Å²) in [6, 6.07) is 9.61. The molecule has 0 bridgehead atoms. The van der Waals surface area contributed by atoms with Crippen molar-refractivity contribution in [1.82, 2.24) is 0 Å². The summed E-state index contributed by atoms with van der Waals surface area (Å²) in [6.07, 6.45) is 11.6. The first-order valence-corrected chi connectivity index (χ1v) is 10.5. The number of para-hydroxylation sites is 1. The maximum absolute atomic E-state index is 14.5. The molecule has 1 aliphatic carbocycles. The van der Waals surface area contributed by atoms with Gasteiger partial charge >= 0.3 is 0 Å². The minimum atomic E-state index is -0.852. The standard InChI is InChI=1S/C23H37FO/c1-3-5-10-19-13-15-20(16-14-19)21(9-4-2)17-22(24)18-25-23-11-7-6-8-12-23/h6-8,11-12,19-22H,3-5,9-10,13-18H2,1-2H3. The lowest BCUT2D eigenvalue weighted by Gasteiger charge is -2.34. The molecule has 0 N–H and O–H groups in total. The van der Waals surface area contributed by atoms with E-state index in [1.807, 2.05) is 30.3 Å². The maximum Gasteiger partial charge on any atom is 0.134 e. The lowest BCUT2D eigenvalue weighted by Crippen LogP contribution is -2.26. The van der Waals surface area contributed by atoms with E-state index >= 15 is 0 Å². The lowest BCUT2D eigenvalue weighted by molar-refractivity contribution is 0.120. The largest absolute Gasteiger partial charge is 0.491 e. The number of unbranched alkanes of at least 4 members (excludes halogenated alkanes) is 1.